The molecule has 2 atom stereocenters. The summed E-state index contributed by atoms with van der Waals surface area (Å²) in [5.41, 5.74) is 0.175. The number of hydrogen-bond donors (Lipinski definition) is 3. The predicted molar refractivity (Wildman–Crippen MR) is 73.5 cm³/mol. The van der Waals surface area contributed by atoms with Gasteiger partial charge in [-0.1, -0.05) is 26.2 Å². The topological polar surface area (TPSA) is 87.7 Å². The quantitative estimate of drug-likeness (QED) is 0.727. The summed E-state index contributed by atoms with van der Waals surface area (Å²) in [7, 11) is 0. The van der Waals surface area contributed by atoms with Crippen molar-refractivity contribution in [2.75, 3.05) is 19.8 Å². The zero-order valence-corrected chi connectivity index (χ0v) is 12.0. The molecule has 0 aromatic heterocycles. The Kier molecular flexibility index (Phi) is 4.86. The molecule has 1 aliphatic heterocycles. The summed E-state index contributed by atoms with van der Waals surface area (Å²) in [5.74, 6) is -1.57. The average molecular weight is 284 g/mol. The Bertz CT molecular complexity index is 366. The molecule has 0 radical (unpaired) electrons. The van der Waals surface area contributed by atoms with E-state index >= 15 is 0 Å². The van der Waals surface area contributed by atoms with Gasteiger partial charge in [0, 0.05) is 6.54 Å². The first kappa shape index (κ1) is 15.1. The summed E-state index contributed by atoms with van der Waals surface area (Å²) in [6.07, 6.45) is 5.99. The lowest BCUT2D eigenvalue weighted by atomic mass is 9.76. The first-order valence-corrected chi connectivity index (χ1v) is 7.35. The summed E-state index contributed by atoms with van der Waals surface area (Å²) in [5, 5.41) is 14.6. The molecule has 114 valence electrons. The van der Waals surface area contributed by atoms with Gasteiger partial charge in [0.1, 0.15) is 5.92 Å². The number of rotatable bonds is 4. The van der Waals surface area contributed by atoms with E-state index in [0.717, 1.165) is 12.8 Å². The van der Waals surface area contributed by atoms with Crippen LogP contribution in [0.5, 0.6) is 0 Å². The monoisotopic (exact) mass is 284 g/mol. The smallest absolute Gasteiger partial charge is 0.315 e. The molecule has 1 aliphatic carbocycles. The molecule has 2 fully saturated rings. The van der Waals surface area contributed by atoms with Gasteiger partial charge in [-0.2, -0.15) is 0 Å². The highest BCUT2D eigenvalue weighted by Crippen LogP contribution is 2.34. The van der Waals surface area contributed by atoms with E-state index in [2.05, 4.69) is 17.6 Å². The lowest BCUT2D eigenvalue weighted by molar-refractivity contribution is -0.142. The molecule has 20 heavy (non-hydrogen) atoms. The number of urea groups is 1. The second-order valence-corrected chi connectivity index (χ2v) is 6.29. The number of aliphatic carboxylic acids is 1. The number of carboxylic acids is 1. The minimum atomic E-state index is -0.924. The highest BCUT2D eigenvalue weighted by atomic mass is 16.5. The lowest BCUT2D eigenvalue weighted by Gasteiger charge is -2.33. The Labute approximate surface area is 119 Å². The van der Waals surface area contributed by atoms with E-state index in [0.29, 0.717) is 6.54 Å². The maximum Gasteiger partial charge on any atom is 0.315 e. The number of amides is 2. The van der Waals surface area contributed by atoms with Crippen molar-refractivity contribution in [3.8, 4) is 0 Å². The van der Waals surface area contributed by atoms with Crippen molar-refractivity contribution in [1.29, 1.82) is 0 Å². The molecule has 1 saturated carbocycles. The molecule has 6 nitrogen and oxygen atoms in total. The Hall–Kier alpha value is -1.30. The van der Waals surface area contributed by atoms with Crippen molar-refractivity contribution in [2.24, 2.45) is 11.3 Å². The Balaban J connectivity index is 1.76. The average Bonchev–Trinajstić information content (AvgIpc) is 2.86. The van der Waals surface area contributed by atoms with Gasteiger partial charge in [0.25, 0.3) is 0 Å². The number of carbonyl (C=O) groups excluding carboxylic acids is 1. The van der Waals surface area contributed by atoms with Crippen LogP contribution in [0.25, 0.3) is 0 Å². The van der Waals surface area contributed by atoms with E-state index in [9.17, 15) is 9.59 Å². The van der Waals surface area contributed by atoms with Crippen molar-refractivity contribution in [3.05, 3.63) is 0 Å². The molecule has 1 heterocycles. The molecule has 3 N–H and O–H groups in total. The first-order valence-electron chi connectivity index (χ1n) is 7.35. The van der Waals surface area contributed by atoms with Gasteiger partial charge in [-0.15, -0.1) is 0 Å². The van der Waals surface area contributed by atoms with Crippen LogP contribution in [0.4, 0.5) is 4.79 Å². The number of carboxylic acid groups (broad SMARTS) is 1. The maximum absolute atomic E-state index is 11.9. The van der Waals surface area contributed by atoms with E-state index in [1.807, 2.05) is 0 Å². The fraction of sp³-hybridized carbons (Fsp3) is 0.857. The number of ether oxygens (including phenoxy) is 1. The molecule has 6 heteroatoms. The fourth-order valence-electron chi connectivity index (χ4n) is 3.04. The van der Waals surface area contributed by atoms with E-state index in [1.165, 1.54) is 19.3 Å². The third kappa shape index (κ3) is 3.85. The molecular formula is C14H24N2O4. The Morgan fingerprint density at radius 2 is 1.95 bits per heavy atom. The molecule has 0 bridgehead atoms. The highest BCUT2D eigenvalue weighted by Gasteiger charge is 2.35. The predicted octanol–water partition coefficient (Wildman–Crippen LogP) is 1.36. The standard InChI is InChI=1S/C14H24N2O4/c1-14(5-3-2-4-6-14)9-15-13(19)16-11-8-20-7-10(11)12(17)18/h10-11H,2-9H2,1H3,(H,17,18)(H2,15,16,19). The van der Waals surface area contributed by atoms with Crippen LogP contribution in [-0.4, -0.2) is 42.9 Å². The molecule has 2 aliphatic rings. The zero-order valence-electron chi connectivity index (χ0n) is 12.0. The van der Waals surface area contributed by atoms with Gasteiger partial charge in [-0.05, 0) is 18.3 Å². The van der Waals surface area contributed by atoms with E-state index in [1.54, 1.807) is 0 Å². The van der Waals surface area contributed by atoms with Crippen LogP contribution in [0.3, 0.4) is 0 Å². The van der Waals surface area contributed by atoms with Crippen LogP contribution in [-0.2, 0) is 9.53 Å². The number of nitrogens with one attached hydrogen (secondary N) is 2. The van der Waals surface area contributed by atoms with Gasteiger partial charge >= 0.3 is 12.0 Å². The van der Waals surface area contributed by atoms with Gasteiger partial charge in [0.2, 0.25) is 0 Å². The fourth-order valence-corrected chi connectivity index (χ4v) is 3.04. The molecule has 2 unspecified atom stereocenters. The summed E-state index contributed by atoms with van der Waals surface area (Å²) in [6.45, 7) is 3.27. The number of hydrogen-bond acceptors (Lipinski definition) is 3. The van der Waals surface area contributed by atoms with Crippen molar-refractivity contribution in [3.63, 3.8) is 0 Å². The van der Waals surface area contributed by atoms with Crippen molar-refractivity contribution < 1.29 is 19.4 Å². The Morgan fingerprint density at radius 3 is 2.60 bits per heavy atom. The minimum Gasteiger partial charge on any atom is -0.481 e. The summed E-state index contributed by atoms with van der Waals surface area (Å²) < 4.78 is 5.12. The van der Waals surface area contributed by atoms with Crippen molar-refractivity contribution in [2.45, 2.75) is 45.1 Å². The van der Waals surface area contributed by atoms with Crippen LogP contribution < -0.4 is 10.6 Å². The van der Waals surface area contributed by atoms with Gasteiger partial charge in [0.15, 0.2) is 0 Å². The van der Waals surface area contributed by atoms with Crippen LogP contribution >= 0.6 is 0 Å². The molecule has 2 rings (SSSR count). The molecule has 0 aromatic carbocycles. The summed E-state index contributed by atoms with van der Waals surface area (Å²) >= 11 is 0. The third-order valence-electron chi connectivity index (χ3n) is 4.45. The zero-order chi connectivity index (χ0) is 14.6. The third-order valence-corrected chi connectivity index (χ3v) is 4.45. The van der Waals surface area contributed by atoms with E-state index in [-0.39, 0.29) is 24.7 Å². The molecular weight excluding hydrogens is 260 g/mol. The van der Waals surface area contributed by atoms with Crippen LogP contribution in [0.1, 0.15) is 39.0 Å². The maximum atomic E-state index is 11.9. The SMILES string of the molecule is CC1(CNC(=O)NC2COCC2C(=O)O)CCCCC1. The van der Waals surface area contributed by atoms with Crippen LogP contribution in [0.15, 0.2) is 0 Å². The van der Waals surface area contributed by atoms with Crippen molar-refractivity contribution in [1.82, 2.24) is 10.6 Å². The molecule has 0 spiro atoms. The van der Waals surface area contributed by atoms with E-state index < -0.39 is 17.9 Å². The van der Waals surface area contributed by atoms with E-state index in [4.69, 9.17) is 9.84 Å². The van der Waals surface area contributed by atoms with Gasteiger partial charge < -0.3 is 20.5 Å². The lowest BCUT2D eigenvalue weighted by Crippen LogP contribution is -2.49. The summed E-state index contributed by atoms with van der Waals surface area (Å²) in [4.78, 5) is 22.9. The Morgan fingerprint density at radius 1 is 1.25 bits per heavy atom. The normalized spacial score (nSPS) is 28.9. The number of carbonyl (C=O) groups is 2. The van der Waals surface area contributed by atoms with Gasteiger partial charge in [-0.25, -0.2) is 4.79 Å². The summed E-state index contributed by atoms with van der Waals surface area (Å²) in [6, 6.07) is -0.731. The van der Waals surface area contributed by atoms with Gasteiger partial charge in [0.05, 0.1) is 19.3 Å². The highest BCUT2D eigenvalue weighted by molar-refractivity contribution is 5.77. The second-order valence-electron chi connectivity index (χ2n) is 6.29. The molecule has 2 amide bonds. The van der Waals surface area contributed by atoms with Crippen molar-refractivity contribution >= 4 is 12.0 Å². The minimum absolute atomic E-state index is 0.165. The second kappa shape index (κ2) is 6.43. The van der Waals surface area contributed by atoms with Crippen LogP contribution in [0, 0.1) is 11.3 Å². The molecule has 0 aromatic rings. The molecule has 1 saturated heterocycles. The van der Waals surface area contributed by atoms with Gasteiger partial charge in [-0.3, -0.25) is 4.79 Å². The first-order chi connectivity index (χ1) is 9.50. The largest absolute Gasteiger partial charge is 0.481 e. The van der Waals surface area contributed by atoms with Crippen LogP contribution in [0.2, 0.25) is 0 Å².